The van der Waals surface area contributed by atoms with Crippen molar-refractivity contribution >= 4 is 16.5 Å². The number of nitrogens with two attached hydrogens (primary N) is 1. The van der Waals surface area contributed by atoms with Gasteiger partial charge in [-0.25, -0.2) is 4.98 Å². The van der Waals surface area contributed by atoms with E-state index in [1.807, 2.05) is 6.20 Å². The van der Waals surface area contributed by atoms with Gasteiger partial charge in [0.2, 0.25) is 0 Å². The zero-order valence-electron chi connectivity index (χ0n) is 10.9. The molecule has 2 N–H and O–H groups in total. The fraction of sp³-hybridized carbons (Fsp3) is 0.769. The molecule has 0 aromatic carbocycles. The number of hydrogen-bond donors (Lipinski definition) is 1. The van der Waals surface area contributed by atoms with Crippen molar-refractivity contribution in [3.8, 4) is 0 Å². The number of aromatic nitrogens is 1. The van der Waals surface area contributed by atoms with E-state index in [0.717, 1.165) is 30.1 Å². The lowest BCUT2D eigenvalue weighted by Gasteiger charge is -2.20. The largest absolute Gasteiger partial charge is 0.348 e. The molecule has 1 aromatic heterocycles. The Labute approximate surface area is 108 Å². The molecule has 1 aromatic rings. The molecule has 1 saturated heterocycles. The van der Waals surface area contributed by atoms with E-state index in [1.54, 1.807) is 11.3 Å². The molecule has 0 amide bonds. The van der Waals surface area contributed by atoms with Gasteiger partial charge in [0.15, 0.2) is 5.13 Å². The SMILES string of the molecule is CC(C)C1CCCN(c2ncc(CN)s2)CC1. The summed E-state index contributed by atoms with van der Waals surface area (Å²) in [7, 11) is 0. The van der Waals surface area contributed by atoms with Crippen LogP contribution in [0.15, 0.2) is 6.20 Å². The maximum atomic E-state index is 5.64. The van der Waals surface area contributed by atoms with Crippen LogP contribution in [0.3, 0.4) is 0 Å². The summed E-state index contributed by atoms with van der Waals surface area (Å²) in [5.41, 5.74) is 5.64. The molecule has 0 radical (unpaired) electrons. The maximum absolute atomic E-state index is 5.64. The lowest BCUT2D eigenvalue weighted by molar-refractivity contribution is 0.351. The summed E-state index contributed by atoms with van der Waals surface area (Å²) in [5, 5.41) is 1.16. The van der Waals surface area contributed by atoms with E-state index in [4.69, 9.17) is 5.73 Å². The number of hydrogen-bond acceptors (Lipinski definition) is 4. The molecule has 1 aliphatic heterocycles. The standard InChI is InChI=1S/C13H23N3S/c1-10(2)11-4-3-6-16(7-5-11)13-15-9-12(8-14)17-13/h9-11H,3-8,14H2,1-2H3. The summed E-state index contributed by atoms with van der Waals surface area (Å²) >= 11 is 1.75. The molecule has 2 rings (SSSR count). The van der Waals surface area contributed by atoms with E-state index in [1.165, 1.54) is 24.1 Å². The summed E-state index contributed by atoms with van der Waals surface area (Å²) < 4.78 is 0. The van der Waals surface area contributed by atoms with Crippen LogP contribution in [0.5, 0.6) is 0 Å². The third-order valence-corrected chi connectivity index (χ3v) is 4.81. The summed E-state index contributed by atoms with van der Waals surface area (Å²) in [6, 6.07) is 0. The Morgan fingerprint density at radius 2 is 2.29 bits per heavy atom. The van der Waals surface area contributed by atoms with Crippen molar-refractivity contribution < 1.29 is 0 Å². The van der Waals surface area contributed by atoms with E-state index < -0.39 is 0 Å². The van der Waals surface area contributed by atoms with Gasteiger partial charge < -0.3 is 10.6 Å². The first-order valence-electron chi connectivity index (χ1n) is 6.60. The molecule has 0 bridgehead atoms. The number of thiazole rings is 1. The molecular weight excluding hydrogens is 230 g/mol. The third kappa shape index (κ3) is 3.19. The van der Waals surface area contributed by atoms with Crippen LogP contribution >= 0.6 is 11.3 Å². The lowest BCUT2D eigenvalue weighted by atomic mass is 9.89. The predicted octanol–water partition coefficient (Wildman–Crippen LogP) is 2.86. The second-order valence-corrected chi connectivity index (χ2v) is 6.33. The summed E-state index contributed by atoms with van der Waals surface area (Å²) in [6.45, 7) is 7.60. The Balaban J connectivity index is 1.98. The zero-order valence-corrected chi connectivity index (χ0v) is 11.7. The normalized spacial score (nSPS) is 21.9. The molecule has 1 unspecified atom stereocenters. The Morgan fingerprint density at radius 1 is 1.47 bits per heavy atom. The predicted molar refractivity (Wildman–Crippen MR) is 74.4 cm³/mol. The molecular formula is C13H23N3S. The minimum atomic E-state index is 0.611. The van der Waals surface area contributed by atoms with E-state index >= 15 is 0 Å². The number of anilines is 1. The van der Waals surface area contributed by atoms with Crippen LogP contribution in [0.1, 0.15) is 38.0 Å². The van der Waals surface area contributed by atoms with E-state index in [9.17, 15) is 0 Å². The second-order valence-electron chi connectivity index (χ2n) is 5.24. The van der Waals surface area contributed by atoms with Gasteiger partial charge in [-0.2, -0.15) is 0 Å². The van der Waals surface area contributed by atoms with Gasteiger partial charge in [-0.15, -0.1) is 11.3 Å². The van der Waals surface area contributed by atoms with Crippen molar-refractivity contribution in [1.29, 1.82) is 0 Å². The fourth-order valence-corrected chi connectivity index (χ4v) is 3.36. The highest BCUT2D eigenvalue weighted by Gasteiger charge is 2.20. The van der Waals surface area contributed by atoms with Gasteiger partial charge in [0, 0.05) is 30.7 Å². The van der Waals surface area contributed by atoms with Crippen molar-refractivity contribution in [2.24, 2.45) is 17.6 Å². The fourth-order valence-electron chi connectivity index (χ4n) is 2.52. The van der Waals surface area contributed by atoms with E-state index in [0.29, 0.717) is 6.54 Å². The molecule has 0 spiro atoms. The van der Waals surface area contributed by atoms with Gasteiger partial charge >= 0.3 is 0 Å². The van der Waals surface area contributed by atoms with Crippen molar-refractivity contribution in [1.82, 2.24) is 4.98 Å². The molecule has 0 saturated carbocycles. The highest BCUT2D eigenvalue weighted by Crippen LogP contribution is 2.29. The second kappa shape index (κ2) is 5.83. The number of nitrogens with zero attached hydrogens (tertiary/aromatic N) is 2. The quantitative estimate of drug-likeness (QED) is 0.900. The van der Waals surface area contributed by atoms with Gasteiger partial charge in [-0.3, -0.25) is 0 Å². The van der Waals surface area contributed by atoms with Crippen LogP contribution in [0.4, 0.5) is 5.13 Å². The molecule has 4 heteroatoms. The van der Waals surface area contributed by atoms with Gasteiger partial charge in [-0.05, 0) is 31.1 Å². The van der Waals surface area contributed by atoms with Gasteiger partial charge in [0.25, 0.3) is 0 Å². The minimum Gasteiger partial charge on any atom is -0.348 e. The minimum absolute atomic E-state index is 0.611. The average Bonchev–Trinajstić information content (AvgIpc) is 2.65. The van der Waals surface area contributed by atoms with Crippen molar-refractivity contribution in [3.63, 3.8) is 0 Å². The van der Waals surface area contributed by atoms with Crippen LogP contribution in [0, 0.1) is 11.8 Å². The van der Waals surface area contributed by atoms with Crippen LogP contribution < -0.4 is 10.6 Å². The molecule has 17 heavy (non-hydrogen) atoms. The molecule has 0 aliphatic carbocycles. The lowest BCUT2D eigenvalue weighted by Crippen LogP contribution is -2.24. The van der Waals surface area contributed by atoms with Crippen molar-refractivity contribution in [3.05, 3.63) is 11.1 Å². The Morgan fingerprint density at radius 3 is 2.94 bits per heavy atom. The summed E-state index contributed by atoms with van der Waals surface area (Å²) in [5.74, 6) is 1.69. The van der Waals surface area contributed by atoms with Crippen LogP contribution in [0.25, 0.3) is 0 Å². The Bertz CT molecular complexity index is 348. The van der Waals surface area contributed by atoms with E-state index in [-0.39, 0.29) is 0 Å². The molecule has 2 heterocycles. The first-order valence-corrected chi connectivity index (χ1v) is 7.42. The Kier molecular flexibility index (Phi) is 4.40. The van der Waals surface area contributed by atoms with Crippen LogP contribution in [-0.2, 0) is 6.54 Å². The molecule has 96 valence electrons. The smallest absolute Gasteiger partial charge is 0.185 e. The maximum Gasteiger partial charge on any atom is 0.185 e. The molecule has 1 atom stereocenters. The van der Waals surface area contributed by atoms with Crippen molar-refractivity contribution in [2.45, 2.75) is 39.7 Å². The highest BCUT2D eigenvalue weighted by molar-refractivity contribution is 7.15. The first kappa shape index (κ1) is 12.8. The van der Waals surface area contributed by atoms with E-state index in [2.05, 4.69) is 23.7 Å². The number of rotatable bonds is 3. The monoisotopic (exact) mass is 253 g/mol. The highest BCUT2D eigenvalue weighted by atomic mass is 32.1. The van der Waals surface area contributed by atoms with Gasteiger partial charge in [-0.1, -0.05) is 13.8 Å². The van der Waals surface area contributed by atoms with Gasteiger partial charge in [0.05, 0.1) is 0 Å². The summed E-state index contributed by atoms with van der Waals surface area (Å²) in [4.78, 5) is 8.11. The molecule has 1 fully saturated rings. The molecule has 1 aliphatic rings. The Hall–Kier alpha value is -0.610. The average molecular weight is 253 g/mol. The van der Waals surface area contributed by atoms with Crippen molar-refractivity contribution in [2.75, 3.05) is 18.0 Å². The van der Waals surface area contributed by atoms with Gasteiger partial charge in [0.1, 0.15) is 0 Å². The van der Waals surface area contributed by atoms with Crippen LogP contribution in [-0.4, -0.2) is 18.1 Å². The third-order valence-electron chi connectivity index (χ3n) is 3.73. The first-order chi connectivity index (χ1) is 8.20. The summed E-state index contributed by atoms with van der Waals surface area (Å²) in [6.07, 6.45) is 5.88. The zero-order chi connectivity index (χ0) is 12.3. The molecule has 3 nitrogen and oxygen atoms in total. The topological polar surface area (TPSA) is 42.2 Å². The van der Waals surface area contributed by atoms with Crippen LogP contribution in [0.2, 0.25) is 0 Å².